The number of esters is 1. The van der Waals surface area contributed by atoms with Crippen molar-refractivity contribution in [3.63, 3.8) is 0 Å². The largest absolute Gasteiger partial charge is 0.469 e. The van der Waals surface area contributed by atoms with Crippen LogP contribution in [0.1, 0.15) is 43.5 Å². The Hall–Kier alpha value is -2.32. The number of methoxy groups -OCH3 is 1. The van der Waals surface area contributed by atoms with Crippen LogP contribution in [-0.4, -0.2) is 35.5 Å². The number of ether oxygens (including phenoxy) is 1. The van der Waals surface area contributed by atoms with Gasteiger partial charge in [0, 0.05) is 36.0 Å². The van der Waals surface area contributed by atoms with Gasteiger partial charge in [0.1, 0.15) is 6.04 Å². The summed E-state index contributed by atoms with van der Waals surface area (Å²) in [5.41, 5.74) is 3.65. The number of piperidine rings is 1. The highest BCUT2D eigenvalue weighted by molar-refractivity contribution is 5.85. The number of rotatable bonds is 3. The third kappa shape index (κ3) is 2.69. The zero-order valence-electron chi connectivity index (χ0n) is 15.4. The molecule has 1 aromatic heterocycles. The number of nitriles is 1. The number of benzene rings is 1. The van der Waals surface area contributed by atoms with Crippen molar-refractivity contribution < 1.29 is 9.53 Å². The van der Waals surface area contributed by atoms with Crippen LogP contribution in [0.15, 0.2) is 24.3 Å². The molecule has 2 aliphatic rings. The summed E-state index contributed by atoms with van der Waals surface area (Å²) in [4.78, 5) is 17.9. The van der Waals surface area contributed by atoms with E-state index in [2.05, 4.69) is 41.1 Å². The van der Waals surface area contributed by atoms with Gasteiger partial charge in [-0.1, -0.05) is 31.5 Å². The van der Waals surface area contributed by atoms with Crippen LogP contribution < -0.4 is 0 Å². The van der Waals surface area contributed by atoms with Crippen LogP contribution >= 0.6 is 0 Å². The molecule has 1 N–H and O–H groups in total. The van der Waals surface area contributed by atoms with Gasteiger partial charge in [-0.3, -0.25) is 9.69 Å². The van der Waals surface area contributed by atoms with Crippen LogP contribution in [-0.2, 0) is 16.0 Å². The van der Waals surface area contributed by atoms with Crippen LogP contribution in [0.2, 0.25) is 0 Å². The van der Waals surface area contributed by atoms with Gasteiger partial charge in [0.2, 0.25) is 0 Å². The van der Waals surface area contributed by atoms with Crippen molar-refractivity contribution >= 4 is 16.9 Å². The number of carbonyl (C=O) groups is 1. The molecule has 0 amide bonds. The molecule has 0 aliphatic carbocycles. The number of nitrogens with one attached hydrogen (secondary N) is 1. The Bertz CT molecular complexity index is 866. The number of aromatic amines is 1. The second kappa shape index (κ2) is 6.77. The highest BCUT2D eigenvalue weighted by Gasteiger charge is 2.44. The second-order valence-electron chi connectivity index (χ2n) is 7.57. The highest BCUT2D eigenvalue weighted by Crippen LogP contribution is 2.46. The zero-order valence-corrected chi connectivity index (χ0v) is 15.4. The van der Waals surface area contributed by atoms with E-state index in [9.17, 15) is 10.1 Å². The lowest BCUT2D eigenvalue weighted by atomic mass is 9.74. The molecule has 26 heavy (non-hydrogen) atoms. The van der Waals surface area contributed by atoms with Crippen molar-refractivity contribution in [1.29, 1.82) is 5.26 Å². The van der Waals surface area contributed by atoms with Gasteiger partial charge in [-0.05, 0) is 29.9 Å². The summed E-state index contributed by atoms with van der Waals surface area (Å²) in [6.45, 7) is 3.05. The van der Waals surface area contributed by atoms with Gasteiger partial charge >= 0.3 is 5.97 Å². The molecule has 1 aromatic carbocycles. The number of hydrogen-bond donors (Lipinski definition) is 1. The highest BCUT2D eigenvalue weighted by atomic mass is 16.5. The molecule has 2 aliphatic heterocycles. The zero-order chi connectivity index (χ0) is 18.3. The summed E-state index contributed by atoms with van der Waals surface area (Å²) in [5, 5.41) is 11.0. The van der Waals surface area contributed by atoms with Gasteiger partial charge < -0.3 is 9.72 Å². The second-order valence-corrected chi connectivity index (χ2v) is 7.57. The van der Waals surface area contributed by atoms with Crippen molar-refractivity contribution in [2.45, 2.75) is 44.7 Å². The molecule has 1 fully saturated rings. The Balaban J connectivity index is 1.74. The first kappa shape index (κ1) is 17.1. The van der Waals surface area contributed by atoms with E-state index in [0.29, 0.717) is 18.3 Å². The molecule has 4 rings (SSSR count). The molecule has 0 saturated carbocycles. The first-order chi connectivity index (χ1) is 12.7. The molecule has 5 nitrogen and oxygen atoms in total. The fourth-order valence-corrected chi connectivity index (χ4v) is 4.96. The van der Waals surface area contributed by atoms with E-state index in [-0.39, 0.29) is 18.1 Å². The van der Waals surface area contributed by atoms with E-state index < -0.39 is 0 Å². The van der Waals surface area contributed by atoms with E-state index in [1.807, 2.05) is 6.07 Å². The number of nitrogens with zero attached hydrogens (tertiary/aromatic N) is 2. The normalized spacial score (nSPS) is 28.2. The molecule has 5 heteroatoms. The Labute approximate surface area is 153 Å². The Morgan fingerprint density at radius 3 is 2.92 bits per heavy atom. The smallest absolute Gasteiger partial charge is 0.305 e. The van der Waals surface area contributed by atoms with Gasteiger partial charge in [0.05, 0.1) is 19.2 Å². The van der Waals surface area contributed by atoms with E-state index in [4.69, 9.17) is 4.74 Å². The van der Waals surface area contributed by atoms with Crippen molar-refractivity contribution in [3.05, 3.63) is 35.5 Å². The van der Waals surface area contributed by atoms with Crippen molar-refractivity contribution in [1.82, 2.24) is 9.88 Å². The summed E-state index contributed by atoms with van der Waals surface area (Å²) in [6, 6.07) is 10.9. The fourth-order valence-electron chi connectivity index (χ4n) is 4.96. The minimum absolute atomic E-state index is 0.0974. The lowest BCUT2D eigenvalue weighted by Gasteiger charge is -2.48. The third-order valence-corrected chi connectivity index (χ3v) is 6.35. The molecule has 136 valence electrons. The van der Waals surface area contributed by atoms with Crippen molar-refractivity contribution in [3.8, 4) is 6.07 Å². The predicted molar refractivity (Wildman–Crippen MR) is 99.4 cm³/mol. The maximum atomic E-state index is 11.9. The summed E-state index contributed by atoms with van der Waals surface area (Å²) in [7, 11) is 1.46. The first-order valence-corrected chi connectivity index (χ1v) is 9.47. The van der Waals surface area contributed by atoms with Crippen molar-refractivity contribution in [2.24, 2.45) is 11.8 Å². The maximum absolute atomic E-state index is 11.9. The Kier molecular flexibility index (Phi) is 4.46. The molecule has 3 heterocycles. The van der Waals surface area contributed by atoms with Gasteiger partial charge in [-0.2, -0.15) is 5.26 Å². The molecular weight excluding hydrogens is 326 g/mol. The standard InChI is InChI=1S/C21H25N3O2/c1-3-13-12-24-15(11-22)10-17-16-6-4-5-7-18(16)23-21(17)19(24)8-14(13)9-20(25)26-2/h4-7,13-15,19,23H,3,8-10,12H2,1-2H3/t13-,14+,15-,19-/m0/s1. The van der Waals surface area contributed by atoms with Crippen LogP contribution in [0.3, 0.4) is 0 Å². The summed E-state index contributed by atoms with van der Waals surface area (Å²) in [6.07, 6.45) is 3.14. The molecule has 0 radical (unpaired) electrons. The van der Waals surface area contributed by atoms with Crippen LogP contribution in [0.25, 0.3) is 10.9 Å². The molecule has 2 aromatic rings. The Morgan fingerprint density at radius 2 is 2.19 bits per heavy atom. The minimum Gasteiger partial charge on any atom is -0.469 e. The molecule has 0 bridgehead atoms. The quantitative estimate of drug-likeness (QED) is 0.859. The summed E-state index contributed by atoms with van der Waals surface area (Å²) in [5.74, 6) is 0.587. The predicted octanol–water partition coefficient (Wildman–Crippen LogP) is 3.57. The molecule has 1 saturated heterocycles. The molecule has 4 atom stereocenters. The SMILES string of the molecule is CC[C@H]1CN2[C@H](C#N)Cc3c([nH]c4ccccc34)[C@@H]2C[C@@H]1CC(=O)OC. The van der Waals surface area contributed by atoms with Gasteiger partial charge in [0.15, 0.2) is 0 Å². The number of hydrogen-bond acceptors (Lipinski definition) is 4. The van der Waals surface area contributed by atoms with Crippen molar-refractivity contribution in [2.75, 3.05) is 13.7 Å². The number of carbonyl (C=O) groups excluding carboxylic acids is 1. The number of aromatic nitrogens is 1. The van der Waals surface area contributed by atoms with Gasteiger partial charge in [-0.15, -0.1) is 0 Å². The number of fused-ring (bicyclic) bond motifs is 5. The Morgan fingerprint density at radius 1 is 1.38 bits per heavy atom. The van der Waals surface area contributed by atoms with E-state index >= 15 is 0 Å². The van der Waals surface area contributed by atoms with E-state index in [1.54, 1.807) is 0 Å². The average molecular weight is 351 g/mol. The molecule has 0 unspecified atom stereocenters. The van der Waals surface area contributed by atoms with Crippen LogP contribution in [0, 0.1) is 23.2 Å². The lowest BCUT2D eigenvalue weighted by molar-refractivity contribution is -0.143. The number of H-pyrrole nitrogens is 1. The van der Waals surface area contributed by atoms with Gasteiger partial charge in [-0.25, -0.2) is 0 Å². The lowest BCUT2D eigenvalue weighted by Crippen LogP contribution is -2.51. The molecular formula is C21H25N3O2. The van der Waals surface area contributed by atoms with Gasteiger partial charge in [0.25, 0.3) is 0 Å². The average Bonchev–Trinajstić information content (AvgIpc) is 3.05. The summed E-state index contributed by atoms with van der Waals surface area (Å²) >= 11 is 0. The maximum Gasteiger partial charge on any atom is 0.305 e. The first-order valence-electron chi connectivity index (χ1n) is 9.47. The topological polar surface area (TPSA) is 69.1 Å². The monoisotopic (exact) mass is 351 g/mol. The van der Waals surface area contributed by atoms with E-state index in [1.165, 1.54) is 23.8 Å². The molecule has 0 spiro atoms. The van der Waals surface area contributed by atoms with Crippen LogP contribution in [0.5, 0.6) is 0 Å². The van der Waals surface area contributed by atoms with E-state index in [0.717, 1.165) is 31.3 Å². The minimum atomic E-state index is -0.133. The van der Waals surface area contributed by atoms with Crippen LogP contribution in [0.4, 0.5) is 0 Å². The number of para-hydroxylation sites is 1. The summed E-state index contributed by atoms with van der Waals surface area (Å²) < 4.78 is 4.93. The fraction of sp³-hybridized carbons (Fsp3) is 0.524. The third-order valence-electron chi connectivity index (χ3n) is 6.35.